The summed E-state index contributed by atoms with van der Waals surface area (Å²) in [5.41, 5.74) is 4.76. The summed E-state index contributed by atoms with van der Waals surface area (Å²) in [5.74, 6) is 6.32. The number of hydrogen-bond donors (Lipinski definition) is 0. The number of fused-ring (bicyclic) bond motifs is 10. The number of aryl methyl sites for hydroxylation is 1. The van der Waals surface area contributed by atoms with E-state index in [4.69, 9.17) is 0 Å². The van der Waals surface area contributed by atoms with Gasteiger partial charge in [-0.05, 0) is 89.0 Å². The molecule has 25 heavy (non-hydrogen) atoms. The normalized spacial score (nSPS) is 42.6. The topological polar surface area (TPSA) is 0 Å². The third-order valence-corrected chi connectivity index (χ3v) is 8.33. The summed E-state index contributed by atoms with van der Waals surface area (Å²) in [7, 11) is 0. The predicted molar refractivity (Wildman–Crippen MR) is 105 cm³/mol. The first-order chi connectivity index (χ1) is 12.2. The number of allylic oxidation sites excluding steroid dienone is 2. The van der Waals surface area contributed by atoms with Crippen LogP contribution in [-0.4, -0.2) is 0 Å². The van der Waals surface area contributed by atoms with Gasteiger partial charge < -0.3 is 0 Å². The smallest absolute Gasteiger partial charge is 0.00523 e. The van der Waals surface area contributed by atoms with Gasteiger partial charge in [0, 0.05) is 0 Å². The Kier molecular flexibility index (Phi) is 2.68. The molecule has 0 spiro atoms. The molecular weight excluding hydrogens is 300 g/mol. The molecule has 0 heterocycles. The van der Waals surface area contributed by atoms with E-state index < -0.39 is 0 Å². The lowest BCUT2D eigenvalue weighted by Gasteiger charge is -2.38. The fourth-order valence-corrected chi connectivity index (χ4v) is 7.88. The van der Waals surface area contributed by atoms with E-state index in [9.17, 15) is 0 Å². The van der Waals surface area contributed by atoms with Crippen molar-refractivity contribution in [2.24, 2.45) is 35.5 Å². The molecule has 0 nitrogen and oxygen atoms in total. The van der Waals surface area contributed by atoms with E-state index >= 15 is 0 Å². The van der Waals surface area contributed by atoms with E-state index in [0.29, 0.717) is 11.8 Å². The van der Waals surface area contributed by atoms with E-state index in [-0.39, 0.29) is 0 Å². The van der Waals surface area contributed by atoms with Crippen LogP contribution in [-0.2, 0) is 0 Å². The van der Waals surface area contributed by atoms with Gasteiger partial charge in [0.25, 0.3) is 0 Å². The summed E-state index contributed by atoms with van der Waals surface area (Å²) in [6.45, 7) is 10.7. The SMILES string of the molecule is C=CC1CC(C=C)C2C3CC(C4c5cccc6cc(C)cc(c56)C34)C12. The molecule has 0 amide bonds. The molecule has 0 aliphatic heterocycles. The number of hydrogen-bond acceptors (Lipinski definition) is 0. The molecule has 6 rings (SSSR count). The molecule has 0 radical (unpaired) electrons. The highest BCUT2D eigenvalue weighted by Gasteiger charge is 2.65. The molecular formula is C25H26. The Hall–Kier alpha value is -1.82. The highest BCUT2D eigenvalue weighted by atomic mass is 14.7. The van der Waals surface area contributed by atoms with E-state index in [0.717, 1.165) is 35.5 Å². The third kappa shape index (κ3) is 1.56. The lowest BCUT2D eigenvalue weighted by atomic mass is 9.65. The van der Waals surface area contributed by atoms with Crippen LogP contribution in [0.2, 0.25) is 0 Å². The summed E-state index contributed by atoms with van der Waals surface area (Å²) < 4.78 is 0. The minimum absolute atomic E-state index is 0.702. The molecule has 4 aliphatic rings. The van der Waals surface area contributed by atoms with Crippen molar-refractivity contribution in [1.82, 2.24) is 0 Å². The van der Waals surface area contributed by atoms with Crippen LogP contribution in [0, 0.1) is 42.4 Å². The van der Waals surface area contributed by atoms with Crippen LogP contribution in [0.3, 0.4) is 0 Å². The van der Waals surface area contributed by atoms with Crippen LogP contribution >= 0.6 is 0 Å². The van der Waals surface area contributed by atoms with Crippen molar-refractivity contribution in [3.63, 3.8) is 0 Å². The molecule has 2 aromatic rings. The number of benzene rings is 2. The van der Waals surface area contributed by atoms with Crippen molar-refractivity contribution < 1.29 is 0 Å². The maximum absolute atomic E-state index is 4.20. The van der Waals surface area contributed by atoms with Gasteiger partial charge in [0.15, 0.2) is 0 Å². The lowest BCUT2D eigenvalue weighted by molar-refractivity contribution is 0.174. The maximum Gasteiger partial charge on any atom is -0.00523 e. The van der Waals surface area contributed by atoms with Crippen LogP contribution in [0.4, 0.5) is 0 Å². The first-order valence-electron chi connectivity index (χ1n) is 10.0. The summed E-state index contributed by atoms with van der Waals surface area (Å²) in [6, 6.07) is 11.9. The minimum Gasteiger partial charge on any atom is -0.103 e. The van der Waals surface area contributed by atoms with Crippen LogP contribution in [0.25, 0.3) is 10.8 Å². The van der Waals surface area contributed by atoms with E-state index in [1.54, 1.807) is 16.5 Å². The summed E-state index contributed by atoms with van der Waals surface area (Å²) in [5, 5.41) is 3.06. The second kappa shape index (κ2) is 4.67. The van der Waals surface area contributed by atoms with Crippen molar-refractivity contribution >= 4 is 10.8 Å². The highest BCUT2D eigenvalue weighted by Crippen LogP contribution is 2.74. The molecule has 0 saturated heterocycles. The molecule has 3 fully saturated rings. The zero-order chi connectivity index (χ0) is 16.9. The fraction of sp³-hybridized carbons (Fsp3) is 0.440. The van der Waals surface area contributed by atoms with Gasteiger partial charge in [0.05, 0.1) is 0 Å². The van der Waals surface area contributed by atoms with E-state index in [1.807, 2.05) is 0 Å². The quantitative estimate of drug-likeness (QED) is 0.575. The van der Waals surface area contributed by atoms with Gasteiger partial charge in [0.1, 0.15) is 0 Å². The largest absolute Gasteiger partial charge is 0.103 e. The van der Waals surface area contributed by atoms with E-state index in [1.165, 1.54) is 23.8 Å². The molecule has 4 aliphatic carbocycles. The van der Waals surface area contributed by atoms with Gasteiger partial charge in [-0.25, -0.2) is 0 Å². The molecule has 8 atom stereocenters. The van der Waals surface area contributed by atoms with Gasteiger partial charge in [-0.3, -0.25) is 0 Å². The molecule has 0 aromatic heterocycles. The summed E-state index contributed by atoms with van der Waals surface area (Å²) in [6.07, 6.45) is 7.26. The van der Waals surface area contributed by atoms with Crippen LogP contribution < -0.4 is 0 Å². The lowest BCUT2D eigenvalue weighted by Crippen LogP contribution is -2.31. The Morgan fingerprint density at radius 1 is 0.880 bits per heavy atom. The summed E-state index contributed by atoms with van der Waals surface area (Å²) in [4.78, 5) is 0. The fourth-order valence-electron chi connectivity index (χ4n) is 7.88. The van der Waals surface area contributed by atoms with Crippen molar-refractivity contribution in [3.8, 4) is 0 Å². The molecule has 126 valence electrons. The molecule has 0 N–H and O–H groups in total. The monoisotopic (exact) mass is 326 g/mol. The standard InChI is InChI=1S/C25H26/c1-4-14-11-15(5-2)23-20-12-19(22(14)23)24-17-8-6-7-16-9-13(3)10-18(21(16)17)25(20)24/h4-10,14-15,19-20,22-25H,1-2,11-12H2,3H3. The Balaban J connectivity index is 1.57. The summed E-state index contributed by atoms with van der Waals surface area (Å²) >= 11 is 0. The molecule has 2 bridgehead atoms. The van der Waals surface area contributed by atoms with E-state index in [2.05, 4.69) is 62.6 Å². The Labute approximate surface area is 150 Å². The van der Waals surface area contributed by atoms with Crippen molar-refractivity contribution in [2.45, 2.75) is 31.6 Å². The Bertz CT molecular complexity index is 919. The first-order valence-corrected chi connectivity index (χ1v) is 10.0. The molecule has 0 heteroatoms. The zero-order valence-electron chi connectivity index (χ0n) is 15.0. The van der Waals surface area contributed by atoms with Crippen LogP contribution in [0.5, 0.6) is 0 Å². The number of rotatable bonds is 2. The third-order valence-electron chi connectivity index (χ3n) is 8.33. The average molecular weight is 326 g/mol. The van der Waals surface area contributed by atoms with Gasteiger partial charge in [-0.1, -0.05) is 48.0 Å². The van der Waals surface area contributed by atoms with Crippen molar-refractivity contribution in [1.29, 1.82) is 0 Å². The van der Waals surface area contributed by atoms with Crippen molar-refractivity contribution in [2.75, 3.05) is 0 Å². The average Bonchev–Trinajstić information content (AvgIpc) is 3.33. The predicted octanol–water partition coefficient (Wildman–Crippen LogP) is 6.22. The maximum atomic E-state index is 4.20. The zero-order valence-corrected chi connectivity index (χ0v) is 15.0. The minimum atomic E-state index is 0.702. The Morgan fingerprint density at radius 3 is 2.24 bits per heavy atom. The van der Waals surface area contributed by atoms with Gasteiger partial charge in [0.2, 0.25) is 0 Å². The van der Waals surface area contributed by atoms with Gasteiger partial charge >= 0.3 is 0 Å². The second-order valence-corrected chi connectivity index (χ2v) is 9.10. The van der Waals surface area contributed by atoms with Gasteiger partial charge in [-0.15, -0.1) is 13.2 Å². The van der Waals surface area contributed by atoms with Gasteiger partial charge in [-0.2, -0.15) is 0 Å². The highest BCUT2D eigenvalue weighted by molar-refractivity contribution is 5.93. The van der Waals surface area contributed by atoms with Crippen LogP contribution in [0.15, 0.2) is 55.6 Å². The molecule has 2 aromatic carbocycles. The van der Waals surface area contributed by atoms with Crippen molar-refractivity contribution in [3.05, 3.63) is 72.3 Å². The Morgan fingerprint density at radius 2 is 1.56 bits per heavy atom. The second-order valence-electron chi connectivity index (χ2n) is 9.10. The molecule has 8 unspecified atom stereocenters. The first kappa shape index (κ1) is 14.4. The van der Waals surface area contributed by atoms with Crippen LogP contribution in [0.1, 0.15) is 41.4 Å². The molecule has 3 saturated carbocycles.